The summed E-state index contributed by atoms with van der Waals surface area (Å²) in [6.07, 6.45) is 19.4. The number of allylic oxidation sites excluding steroid dienone is 1. The molecule has 1 saturated carbocycles. The maximum atomic E-state index is 10.6. The van der Waals surface area contributed by atoms with Crippen LogP contribution >= 0.6 is 0 Å². The summed E-state index contributed by atoms with van der Waals surface area (Å²) in [5, 5.41) is 0. The summed E-state index contributed by atoms with van der Waals surface area (Å²) in [6.45, 7) is 2.35. The van der Waals surface area contributed by atoms with Gasteiger partial charge in [-0.2, -0.15) is 0 Å². The van der Waals surface area contributed by atoms with E-state index in [-0.39, 0.29) is 0 Å². The van der Waals surface area contributed by atoms with Crippen LogP contribution in [0.15, 0.2) is 6.08 Å². The molecular formula is C18H32O. The van der Waals surface area contributed by atoms with Gasteiger partial charge in [0, 0.05) is 6.08 Å². The molecule has 1 fully saturated rings. The maximum Gasteiger partial charge on any atom is 0.120 e. The Bertz CT molecular complexity index is 252. The lowest BCUT2D eigenvalue weighted by molar-refractivity contribution is 0.383. The van der Waals surface area contributed by atoms with Crippen molar-refractivity contribution in [3.8, 4) is 0 Å². The zero-order valence-electron chi connectivity index (χ0n) is 12.8. The van der Waals surface area contributed by atoms with Gasteiger partial charge >= 0.3 is 0 Å². The van der Waals surface area contributed by atoms with Crippen LogP contribution in [-0.2, 0) is 4.79 Å². The van der Waals surface area contributed by atoms with Crippen molar-refractivity contribution in [3.63, 3.8) is 0 Å². The van der Waals surface area contributed by atoms with Crippen LogP contribution in [0.4, 0.5) is 0 Å². The first kappa shape index (κ1) is 16.5. The average Bonchev–Trinajstić information content (AvgIpc) is 2.40. The number of carbonyl (C=O) groups excluding carboxylic acids is 1. The van der Waals surface area contributed by atoms with E-state index in [1.165, 1.54) is 83.5 Å². The summed E-state index contributed by atoms with van der Waals surface area (Å²) >= 11 is 0. The van der Waals surface area contributed by atoms with Gasteiger partial charge in [-0.15, -0.1) is 0 Å². The predicted molar refractivity (Wildman–Crippen MR) is 82.9 cm³/mol. The Morgan fingerprint density at radius 2 is 1.26 bits per heavy atom. The fraction of sp³-hybridized carbons (Fsp3) is 0.889. The summed E-state index contributed by atoms with van der Waals surface area (Å²) in [6, 6.07) is 0. The second-order valence-electron chi connectivity index (χ2n) is 6.50. The highest BCUT2D eigenvalue weighted by Crippen LogP contribution is 2.24. The van der Waals surface area contributed by atoms with E-state index in [2.05, 4.69) is 6.92 Å². The van der Waals surface area contributed by atoms with Crippen molar-refractivity contribution < 1.29 is 4.79 Å². The molecule has 0 amide bonds. The molecule has 0 aromatic carbocycles. The monoisotopic (exact) mass is 264 g/mol. The quantitative estimate of drug-likeness (QED) is 0.554. The molecule has 0 heterocycles. The summed E-state index contributed by atoms with van der Waals surface area (Å²) in [4.78, 5) is 10.6. The van der Waals surface area contributed by atoms with E-state index in [1.54, 1.807) is 6.08 Å². The predicted octanol–water partition coefficient (Wildman–Crippen LogP) is 5.71. The first-order valence-electron chi connectivity index (χ1n) is 8.54. The van der Waals surface area contributed by atoms with E-state index in [1.807, 2.05) is 5.94 Å². The number of hydrogen-bond acceptors (Lipinski definition) is 1. The standard InChI is InChI=1S/C18H32O/c1-17-12-10-8-6-4-2-3-5-7-9-11-13-18(16-17)14-15-19/h14,17-18H,2-13,16H2,1H3. The summed E-state index contributed by atoms with van der Waals surface area (Å²) in [5.74, 6) is 3.28. The minimum absolute atomic E-state index is 0.484. The van der Waals surface area contributed by atoms with E-state index >= 15 is 0 Å². The average molecular weight is 264 g/mol. The largest absolute Gasteiger partial charge is 0.234 e. The molecule has 2 unspecified atom stereocenters. The summed E-state index contributed by atoms with van der Waals surface area (Å²) in [7, 11) is 0. The third-order valence-electron chi connectivity index (χ3n) is 4.53. The highest BCUT2D eigenvalue weighted by atomic mass is 16.1. The molecule has 0 spiro atoms. The fourth-order valence-corrected chi connectivity index (χ4v) is 3.31. The Morgan fingerprint density at radius 3 is 1.79 bits per heavy atom. The van der Waals surface area contributed by atoms with Crippen molar-refractivity contribution in [1.29, 1.82) is 0 Å². The highest BCUT2D eigenvalue weighted by molar-refractivity contribution is 5.45. The third kappa shape index (κ3) is 9.05. The molecule has 1 rings (SSSR count). The lowest BCUT2D eigenvalue weighted by atomic mass is 9.88. The Morgan fingerprint density at radius 1 is 0.789 bits per heavy atom. The van der Waals surface area contributed by atoms with Gasteiger partial charge in [-0.3, -0.25) is 0 Å². The zero-order valence-corrected chi connectivity index (χ0v) is 12.8. The molecule has 19 heavy (non-hydrogen) atoms. The van der Waals surface area contributed by atoms with Crippen molar-refractivity contribution in [2.75, 3.05) is 0 Å². The van der Waals surface area contributed by atoms with Gasteiger partial charge in [-0.25, -0.2) is 4.79 Å². The molecule has 2 atom stereocenters. The third-order valence-corrected chi connectivity index (χ3v) is 4.53. The molecule has 0 radical (unpaired) electrons. The lowest BCUT2D eigenvalue weighted by Gasteiger charge is -2.17. The van der Waals surface area contributed by atoms with Gasteiger partial charge in [0.05, 0.1) is 0 Å². The van der Waals surface area contributed by atoms with Crippen LogP contribution in [0, 0.1) is 11.8 Å². The van der Waals surface area contributed by atoms with Gasteiger partial charge in [-0.05, 0) is 24.7 Å². The van der Waals surface area contributed by atoms with Gasteiger partial charge in [0.25, 0.3) is 0 Å². The van der Waals surface area contributed by atoms with Crippen LogP contribution in [0.25, 0.3) is 0 Å². The van der Waals surface area contributed by atoms with Gasteiger partial charge in [0.2, 0.25) is 0 Å². The smallest absolute Gasteiger partial charge is 0.120 e. The molecule has 0 N–H and O–H groups in total. The van der Waals surface area contributed by atoms with Crippen LogP contribution in [0.1, 0.15) is 90.4 Å². The van der Waals surface area contributed by atoms with Gasteiger partial charge in [-0.1, -0.05) is 77.6 Å². The summed E-state index contributed by atoms with van der Waals surface area (Å²) < 4.78 is 0. The minimum atomic E-state index is 0.484. The highest BCUT2D eigenvalue weighted by Gasteiger charge is 2.11. The van der Waals surface area contributed by atoms with Gasteiger partial charge in [0.1, 0.15) is 5.94 Å². The molecule has 0 aromatic rings. The molecule has 0 saturated heterocycles. The first-order valence-corrected chi connectivity index (χ1v) is 8.54. The topological polar surface area (TPSA) is 17.1 Å². The second-order valence-corrected chi connectivity index (χ2v) is 6.50. The van der Waals surface area contributed by atoms with Gasteiger partial charge < -0.3 is 0 Å². The van der Waals surface area contributed by atoms with Crippen LogP contribution in [0.5, 0.6) is 0 Å². The van der Waals surface area contributed by atoms with Crippen LogP contribution in [0.2, 0.25) is 0 Å². The van der Waals surface area contributed by atoms with E-state index in [0.717, 1.165) is 5.92 Å². The number of hydrogen-bond donors (Lipinski definition) is 0. The molecule has 1 nitrogen and oxygen atoms in total. The Hall–Kier alpha value is -0.550. The Kier molecular flexibility index (Phi) is 9.81. The fourth-order valence-electron chi connectivity index (χ4n) is 3.31. The Balaban J connectivity index is 2.37. The van der Waals surface area contributed by atoms with Gasteiger partial charge in [0.15, 0.2) is 0 Å². The lowest BCUT2D eigenvalue weighted by Crippen LogP contribution is -2.05. The van der Waals surface area contributed by atoms with E-state index in [0.29, 0.717) is 5.92 Å². The van der Waals surface area contributed by atoms with E-state index in [9.17, 15) is 4.79 Å². The molecule has 1 heteroatoms. The molecule has 0 aromatic heterocycles. The van der Waals surface area contributed by atoms with Crippen LogP contribution in [0.3, 0.4) is 0 Å². The molecule has 0 bridgehead atoms. The number of rotatable bonds is 1. The van der Waals surface area contributed by atoms with E-state index < -0.39 is 0 Å². The van der Waals surface area contributed by atoms with Crippen LogP contribution < -0.4 is 0 Å². The molecule has 110 valence electrons. The normalized spacial score (nSPS) is 28.7. The van der Waals surface area contributed by atoms with Crippen molar-refractivity contribution in [1.82, 2.24) is 0 Å². The summed E-state index contributed by atoms with van der Waals surface area (Å²) in [5.41, 5.74) is 0. The maximum absolute atomic E-state index is 10.6. The molecule has 0 aliphatic heterocycles. The van der Waals surface area contributed by atoms with E-state index in [4.69, 9.17) is 0 Å². The minimum Gasteiger partial charge on any atom is -0.234 e. The van der Waals surface area contributed by atoms with Crippen molar-refractivity contribution in [2.24, 2.45) is 11.8 Å². The second kappa shape index (κ2) is 11.3. The molecule has 1 aliphatic rings. The van der Waals surface area contributed by atoms with Crippen LogP contribution in [-0.4, -0.2) is 5.94 Å². The SMILES string of the molecule is CC1CCCCCCCCCCCCC(C=C=O)C1. The van der Waals surface area contributed by atoms with Crippen molar-refractivity contribution in [2.45, 2.75) is 90.4 Å². The van der Waals surface area contributed by atoms with Crippen molar-refractivity contribution in [3.05, 3.63) is 6.08 Å². The molecular weight excluding hydrogens is 232 g/mol. The Labute approximate surface area is 119 Å². The van der Waals surface area contributed by atoms with Crippen molar-refractivity contribution >= 4 is 5.94 Å². The molecule has 1 aliphatic carbocycles. The first-order chi connectivity index (χ1) is 9.33. The zero-order chi connectivity index (χ0) is 13.8.